The minimum Gasteiger partial charge on any atom is -0.481 e. The van der Waals surface area contributed by atoms with Gasteiger partial charge in [0.05, 0.1) is 18.2 Å². The lowest BCUT2D eigenvalue weighted by atomic mass is 9.91. The molecule has 1 aromatic rings. The number of aliphatic hydroxyl groups excluding tert-OH is 1. The van der Waals surface area contributed by atoms with E-state index in [2.05, 4.69) is 29.3 Å². The third kappa shape index (κ3) is 5.72. The van der Waals surface area contributed by atoms with Gasteiger partial charge in [-0.15, -0.1) is 0 Å². The van der Waals surface area contributed by atoms with Crippen LogP contribution in [-0.4, -0.2) is 57.2 Å². The average molecular weight is 409 g/mol. The van der Waals surface area contributed by atoms with Gasteiger partial charge in [0.15, 0.2) is 0 Å². The van der Waals surface area contributed by atoms with Gasteiger partial charge in [0.1, 0.15) is 18.5 Å². The zero-order valence-corrected chi connectivity index (χ0v) is 16.9. The van der Waals surface area contributed by atoms with E-state index in [9.17, 15) is 19.1 Å². The molecule has 0 spiro atoms. The van der Waals surface area contributed by atoms with Gasteiger partial charge in [-0.2, -0.15) is 0 Å². The zero-order chi connectivity index (χ0) is 21.6. The Kier molecular flexibility index (Phi) is 7.66. The number of hydrogen-bond donors (Lipinski definition) is 3. The van der Waals surface area contributed by atoms with Crippen LogP contribution in [0.1, 0.15) is 51.3 Å². The molecule has 2 heterocycles. The molecule has 29 heavy (non-hydrogen) atoms. The first-order valence-electron chi connectivity index (χ1n) is 9.68. The molecule has 1 amide bonds. The van der Waals surface area contributed by atoms with Gasteiger partial charge in [-0.25, -0.2) is 4.39 Å². The van der Waals surface area contributed by atoms with Crippen molar-refractivity contribution in [2.75, 3.05) is 6.67 Å². The van der Waals surface area contributed by atoms with Gasteiger partial charge in [0.2, 0.25) is 5.60 Å². The molecule has 160 valence electrons. The maximum atomic E-state index is 12.8. The van der Waals surface area contributed by atoms with Crippen molar-refractivity contribution < 1.29 is 29.0 Å². The van der Waals surface area contributed by atoms with E-state index in [1.165, 1.54) is 0 Å². The number of halogens is 1. The number of alkyl halides is 1. The van der Waals surface area contributed by atoms with E-state index in [4.69, 9.17) is 9.94 Å². The Morgan fingerprint density at radius 1 is 1.41 bits per heavy atom. The second-order valence-corrected chi connectivity index (χ2v) is 7.70. The van der Waals surface area contributed by atoms with Crippen molar-refractivity contribution in [3.8, 4) is 0 Å². The van der Waals surface area contributed by atoms with Gasteiger partial charge >= 0.3 is 5.97 Å². The van der Waals surface area contributed by atoms with Gasteiger partial charge < -0.3 is 20.4 Å². The summed E-state index contributed by atoms with van der Waals surface area (Å²) >= 11 is 0. The SMILES string of the molecule is CCC1(C(=O)NC(CC(=O)O)C(O)CF)CC(c2cc(CC(C)C)ccn2)=NO1. The molecule has 0 fully saturated rings. The normalized spacial score (nSPS) is 20.7. The van der Waals surface area contributed by atoms with Crippen LogP contribution in [0.15, 0.2) is 23.5 Å². The number of carbonyl (C=O) groups excluding carboxylic acids is 1. The summed E-state index contributed by atoms with van der Waals surface area (Å²) in [4.78, 5) is 33.6. The van der Waals surface area contributed by atoms with Crippen LogP contribution in [0.5, 0.6) is 0 Å². The predicted octanol–water partition coefficient (Wildman–Crippen LogP) is 1.84. The van der Waals surface area contributed by atoms with E-state index in [1.807, 2.05) is 12.1 Å². The number of nitrogens with one attached hydrogen (secondary N) is 1. The fourth-order valence-electron chi connectivity index (χ4n) is 3.20. The number of rotatable bonds is 10. The lowest BCUT2D eigenvalue weighted by Gasteiger charge is -2.28. The Bertz CT molecular complexity index is 770. The minimum absolute atomic E-state index is 0.138. The van der Waals surface area contributed by atoms with E-state index in [0.717, 1.165) is 12.0 Å². The molecule has 1 aliphatic heterocycles. The second-order valence-electron chi connectivity index (χ2n) is 7.70. The fraction of sp³-hybridized carbons (Fsp3) is 0.600. The Balaban J connectivity index is 2.15. The highest BCUT2D eigenvalue weighted by Crippen LogP contribution is 2.30. The van der Waals surface area contributed by atoms with Crippen LogP contribution < -0.4 is 5.32 Å². The maximum absolute atomic E-state index is 12.8. The molecule has 3 N–H and O–H groups in total. The summed E-state index contributed by atoms with van der Waals surface area (Å²) in [6, 6.07) is 2.56. The molecule has 1 aliphatic rings. The van der Waals surface area contributed by atoms with Gasteiger partial charge in [0, 0.05) is 12.6 Å². The van der Waals surface area contributed by atoms with Gasteiger partial charge in [-0.1, -0.05) is 25.9 Å². The van der Waals surface area contributed by atoms with Crippen LogP contribution in [0, 0.1) is 5.92 Å². The molecule has 8 nitrogen and oxygen atoms in total. The smallest absolute Gasteiger partial charge is 0.305 e. The highest BCUT2D eigenvalue weighted by Gasteiger charge is 2.46. The monoisotopic (exact) mass is 409 g/mol. The molecule has 0 saturated heterocycles. The van der Waals surface area contributed by atoms with E-state index in [0.29, 0.717) is 17.3 Å². The largest absolute Gasteiger partial charge is 0.481 e. The van der Waals surface area contributed by atoms with E-state index < -0.39 is 42.7 Å². The van der Waals surface area contributed by atoms with Crippen LogP contribution in [-0.2, 0) is 20.8 Å². The summed E-state index contributed by atoms with van der Waals surface area (Å²) in [5.41, 5.74) is 0.849. The van der Waals surface area contributed by atoms with E-state index in [-0.39, 0.29) is 12.8 Å². The number of aliphatic carboxylic acids is 1. The Morgan fingerprint density at radius 3 is 2.72 bits per heavy atom. The standard InChI is InChI=1S/C20H28FN3O5/c1-4-20(19(28)23-15(9-18(26)27)17(25)11-21)10-16(24-29-20)14-8-13(5-6-22-14)7-12(2)3/h5-6,8,12,15,17,25H,4,7,9-11H2,1-3H3,(H,23,28)(H,26,27). The zero-order valence-electron chi connectivity index (χ0n) is 16.9. The van der Waals surface area contributed by atoms with Crippen molar-refractivity contribution >= 4 is 17.6 Å². The summed E-state index contributed by atoms with van der Waals surface area (Å²) in [6.45, 7) is 4.79. The summed E-state index contributed by atoms with van der Waals surface area (Å²) < 4.78 is 12.8. The Morgan fingerprint density at radius 2 is 2.14 bits per heavy atom. The number of nitrogens with zero attached hydrogens (tertiary/aromatic N) is 2. The van der Waals surface area contributed by atoms with E-state index >= 15 is 0 Å². The molecule has 3 unspecified atom stereocenters. The van der Waals surface area contributed by atoms with Crippen LogP contribution in [0.3, 0.4) is 0 Å². The number of aliphatic hydroxyl groups is 1. The van der Waals surface area contributed by atoms with Crippen LogP contribution in [0.4, 0.5) is 4.39 Å². The number of carboxylic acid groups (broad SMARTS) is 1. The molecular weight excluding hydrogens is 381 g/mol. The first-order valence-corrected chi connectivity index (χ1v) is 9.68. The Labute approximate surface area is 169 Å². The molecule has 0 aliphatic carbocycles. The summed E-state index contributed by atoms with van der Waals surface area (Å²) in [7, 11) is 0. The lowest BCUT2D eigenvalue weighted by Crippen LogP contribution is -2.54. The molecule has 0 saturated carbocycles. The van der Waals surface area contributed by atoms with Crippen molar-refractivity contribution in [3.05, 3.63) is 29.6 Å². The van der Waals surface area contributed by atoms with Crippen molar-refractivity contribution in [3.63, 3.8) is 0 Å². The molecule has 1 aromatic heterocycles. The number of carboxylic acids is 1. The molecule has 0 radical (unpaired) electrons. The third-order valence-electron chi connectivity index (χ3n) is 4.87. The average Bonchev–Trinajstić information content (AvgIpc) is 3.12. The number of aromatic nitrogens is 1. The number of amides is 1. The number of carbonyl (C=O) groups is 2. The molecule has 0 aromatic carbocycles. The summed E-state index contributed by atoms with van der Waals surface area (Å²) in [5, 5.41) is 25.1. The maximum Gasteiger partial charge on any atom is 0.305 e. The van der Waals surface area contributed by atoms with Crippen LogP contribution >= 0.6 is 0 Å². The van der Waals surface area contributed by atoms with Crippen molar-refractivity contribution in [2.24, 2.45) is 11.1 Å². The van der Waals surface area contributed by atoms with Gasteiger partial charge in [-0.3, -0.25) is 14.6 Å². The predicted molar refractivity (Wildman–Crippen MR) is 104 cm³/mol. The molecular formula is C20H28FN3O5. The highest BCUT2D eigenvalue weighted by molar-refractivity contribution is 6.04. The molecule has 0 bridgehead atoms. The molecule has 2 rings (SSSR count). The quantitative estimate of drug-likeness (QED) is 0.542. The lowest BCUT2D eigenvalue weighted by molar-refractivity contribution is -0.147. The first kappa shape index (κ1) is 22.7. The van der Waals surface area contributed by atoms with Crippen LogP contribution in [0.25, 0.3) is 0 Å². The summed E-state index contributed by atoms with van der Waals surface area (Å²) in [6.07, 6.45) is 0.717. The topological polar surface area (TPSA) is 121 Å². The third-order valence-corrected chi connectivity index (χ3v) is 4.87. The van der Waals surface area contributed by atoms with Crippen molar-refractivity contribution in [1.29, 1.82) is 0 Å². The van der Waals surface area contributed by atoms with Crippen molar-refractivity contribution in [2.45, 2.75) is 64.2 Å². The van der Waals surface area contributed by atoms with Gasteiger partial charge in [-0.05, 0) is 36.5 Å². The highest BCUT2D eigenvalue weighted by atomic mass is 19.1. The van der Waals surface area contributed by atoms with E-state index in [1.54, 1.807) is 13.1 Å². The summed E-state index contributed by atoms with van der Waals surface area (Å²) in [5.74, 6) is -1.43. The molecule has 9 heteroatoms. The van der Waals surface area contributed by atoms with Crippen LogP contribution in [0.2, 0.25) is 0 Å². The molecule has 3 atom stereocenters. The van der Waals surface area contributed by atoms with Gasteiger partial charge in [0.25, 0.3) is 5.91 Å². The second kappa shape index (κ2) is 9.78. The number of pyridine rings is 1. The first-order chi connectivity index (χ1) is 13.7. The minimum atomic E-state index is -1.62. The fourth-order valence-corrected chi connectivity index (χ4v) is 3.20. The number of hydrogen-bond acceptors (Lipinski definition) is 6. The Hall–Kier alpha value is -2.55. The number of oxime groups is 1. The van der Waals surface area contributed by atoms with Crippen molar-refractivity contribution in [1.82, 2.24) is 10.3 Å².